The maximum atomic E-state index is 12.8. The maximum Gasteiger partial charge on any atom is 0.306 e. The van der Waals surface area contributed by atoms with Gasteiger partial charge in [-0.15, -0.1) is 0 Å². The van der Waals surface area contributed by atoms with Gasteiger partial charge in [0.1, 0.15) is 0 Å². The molecule has 1 heterocycles. The van der Waals surface area contributed by atoms with Crippen molar-refractivity contribution in [3.63, 3.8) is 0 Å². The fourth-order valence-corrected chi connectivity index (χ4v) is 3.45. The molecule has 0 spiro atoms. The quantitative estimate of drug-likeness (QED) is 0.807. The Labute approximate surface area is 164 Å². The molecule has 0 bridgehead atoms. The van der Waals surface area contributed by atoms with E-state index in [4.69, 9.17) is 5.11 Å². The van der Waals surface area contributed by atoms with Crippen LogP contribution in [0.5, 0.6) is 0 Å². The summed E-state index contributed by atoms with van der Waals surface area (Å²) in [4.78, 5) is 38.2. The predicted octanol–water partition coefficient (Wildman–Crippen LogP) is 2.87. The van der Waals surface area contributed by atoms with Gasteiger partial charge in [0.25, 0.3) is 5.91 Å². The number of likely N-dealkylation sites (tertiary alicyclic amines) is 1. The highest BCUT2D eigenvalue weighted by molar-refractivity contribution is 5.94. The normalized spacial score (nSPS) is 15.6. The van der Waals surface area contributed by atoms with Gasteiger partial charge in [-0.25, -0.2) is 0 Å². The highest BCUT2D eigenvalue weighted by Gasteiger charge is 2.29. The van der Waals surface area contributed by atoms with Gasteiger partial charge in [-0.05, 0) is 30.5 Å². The van der Waals surface area contributed by atoms with Crippen molar-refractivity contribution in [2.24, 2.45) is 5.92 Å². The molecule has 146 valence electrons. The summed E-state index contributed by atoms with van der Waals surface area (Å²) in [5.74, 6) is -1.49. The van der Waals surface area contributed by atoms with Crippen molar-refractivity contribution in [3.8, 4) is 0 Å². The van der Waals surface area contributed by atoms with Gasteiger partial charge in [0, 0.05) is 18.7 Å². The number of carboxylic acid groups (broad SMARTS) is 1. The average Bonchev–Trinajstić information content (AvgIpc) is 2.74. The highest BCUT2D eigenvalue weighted by atomic mass is 16.4. The highest BCUT2D eigenvalue weighted by Crippen LogP contribution is 2.22. The van der Waals surface area contributed by atoms with Gasteiger partial charge in [-0.3, -0.25) is 14.4 Å². The lowest BCUT2D eigenvalue weighted by Crippen LogP contribution is -2.42. The number of hydrogen-bond acceptors (Lipinski definition) is 3. The van der Waals surface area contributed by atoms with Crippen molar-refractivity contribution in [1.82, 2.24) is 10.2 Å². The van der Waals surface area contributed by atoms with Gasteiger partial charge >= 0.3 is 5.97 Å². The minimum atomic E-state index is -0.801. The molecular weight excluding hydrogens is 356 g/mol. The standard InChI is InChI=1S/C22H24N2O4/c25-20(24-13-11-18(12-14-24)22(27)28)15-19(16-7-3-1-4-8-16)23-21(26)17-9-5-2-6-10-17/h1-10,18-19H,11-15H2,(H,23,26)(H,27,28)/t19-/m0/s1. The molecule has 0 aliphatic carbocycles. The zero-order chi connectivity index (χ0) is 19.9. The summed E-state index contributed by atoms with van der Waals surface area (Å²) in [5, 5.41) is 12.1. The summed E-state index contributed by atoms with van der Waals surface area (Å²) < 4.78 is 0. The van der Waals surface area contributed by atoms with E-state index in [1.807, 2.05) is 36.4 Å². The van der Waals surface area contributed by atoms with Crippen molar-refractivity contribution in [2.75, 3.05) is 13.1 Å². The number of piperidine rings is 1. The Morgan fingerprint density at radius 3 is 2.11 bits per heavy atom. The number of carbonyl (C=O) groups is 3. The first-order valence-corrected chi connectivity index (χ1v) is 9.46. The topological polar surface area (TPSA) is 86.7 Å². The third kappa shape index (κ3) is 4.97. The second-order valence-electron chi connectivity index (χ2n) is 7.00. The maximum absolute atomic E-state index is 12.8. The van der Waals surface area contributed by atoms with Crippen LogP contribution >= 0.6 is 0 Å². The molecule has 0 aromatic heterocycles. The van der Waals surface area contributed by atoms with Crippen molar-refractivity contribution >= 4 is 17.8 Å². The molecule has 1 saturated heterocycles. The molecule has 28 heavy (non-hydrogen) atoms. The molecule has 0 unspecified atom stereocenters. The van der Waals surface area contributed by atoms with Crippen LogP contribution in [0.2, 0.25) is 0 Å². The van der Waals surface area contributed by atoms with E-state index in [-0.39, 0.29) is 24.2 Å². The molecule has 6 heteroatoms. The Morgan fingerprint density at radius 2 is 1.54 bits per heavy atom. The summed E-state index contributed by atoms with van der Waals surface area (Å²) in [6.07, 6.45) is 1.07. The van der Waals surface area contributed by atoms with Gasteiger partial charge in [0.15, 0.2) is 0 Å². The van der Waals surface area contributed by atoms with Crippen LogP contribution in [-0.2, 0) is 9.59 Å². The average molecular weight is 380 g/mol. The molecule has 3 rings (SSSR count). The molecule has 1 aliphatic rings. The number of rotatable bonds is 6. The first-order valence-electron chi connectivity index (χ1n) is 9.46. The fourth-order valence-electron chi connectivity index (χ4n) is 3.45. The third-order valence-corrected chi connectivity index (χ3v) is 5.12. The van der Waals surface area contributed by atoms with Gasteiger partial charge < -0.3 is 15.3 Å². The van der Waals surface area contributed by atoms with E-state index >= 15 is 0 Å². The Hall–Kier alpha value is -3.15. The summed E-state index contributed by atoms with van der Waals surface area (Å²) in [6.45, 7) is 0.869. The van der Waals surface area contributed by atoms with E-state index in [9.17, 15) is 14.4 Å². The van der Waals surface area contributed by atoms with Crippen LogP contribution in [0.15, 0.2) is 60.7 Å². The largest absolute Gasteiger partial charge is 0.481 e. The molecular formula is C22H24N2O4. The van der Waals surface area contributed by atoms with E-state index in [1.165, 1.54) is 0 Å². The number of aliphatic carboxylic acids is 1. The SMILES string of the molecule is O=C(N[C@@H](CC(=O)N1CCC(C(=O)O)CC1)c1ccccc1)c1ccccc1. The van der Waals surface area contributed by atoms with E-state index < -0.39 is 12.0 Å². The van der Waals surface area contributed by atoms with Crippen LogP contribution in [0.3, 0.4) is 0 Å². The molecule has 2 aromatic carbocycles. The minimum absolute atomic E-state index is 0.0777. The van der Waals surface area contributed by atoms with Crippen LogP contribution in [0.4, 0.5) is 0 Å². The molecule has 6 nitrogen and oxygen atoms in total. The van der Waals surface area contributed by atoms with Crippen molar-refractivity contribution in [1.29, 1.82) is 0 Å². The van der Waals surface area contributed by atoms with Crippen LogP contribution in [0.25, 0.3) is 0 Å². The zero-order valence-corrected chi connectivity index (χ0v) is 15.6. The Kier molecular flexibility index (Phi) is 6.42. The first kappa shape index (κ1) is 19.6. The first-order chi connectivity index (χ1) is 13.5. The number of carbonyl (C=O) groups excluding carboxylic acids is 2. The van der Waals surface area contributed by atoms with Gasteiger partial charge in [0.2, 0.25) is 5.91 Å². The number of carboxylic acids is 1. The molecule has 2 aromatic rings. The second kappa shape index (κ2) is 9.17. The summed E-state index contributed by atoms with van der Waals surface area (Å²) in [5.41, 5.74) is 1.40. The number of amides is 2. The summed E-state index contributed by atoms with van der Waals surface area (Å²) >= 11 is 0. The predicted molar refractivity (Wildman–Crippen MR) is 105 cm³/mol. The third-order valence-electron chi connectivity index (χ3n) is 5.12. The number of hydrogen-bond donors (Lipinski definition) is 2. The fraction of sp³-hybridized carbons (Fsp3) is 0.318. The molecule has 1 fully saturated rings. The lowest BCUT2D eigenvalue weighted by Gasteiger charge is -2.31. The number of nitrogens with one attached hydrogen (secondary N) is 1. The van der Waals surface area contributed by atoms with E-state index in [1.54, 1.807) is 29.2 Å². The molecule has 1 atom stereocenters. The molecule has 1 aliphatic heterocycles. The molecule has 2 amide bonds. The van der Waals surface area contributed by atoms with Crippen molar-refractivity contribution in [2.45, 2.75) is 25.3 Å². The van der Waals surface area contributed by atoms with Crippen LogP contribution in [-0.4, -0.2) is 40.9 Å². The second-order valence-corrected chi connectivity index (χ2v) is 7.00. The summed E-state index contributed by atoms with van der Waals surface area (Å²) in [6, 6.07) is 17.9. The van der Waals surface area contributed by atoms with Crippen molar-refractivity contribution < 1.29 is 19.5 Å². The van der Waals surface area contributed by atoms with Crippen LogP contribution in [0, 0.1) is 5.92 Å². The monoisotopic (exact) mass is 380 g/mol. The van der Waals surface area contributed by atoms with Crippen LogP contribution in [0.1, 0.15) is 41.2 Å². The molecule has 2 N–H and O–H groups in total. The van der Waals surface area contributed by atoms with Crippen LogP contribution < -0.4 is 5.32 Å². The van der Waals surface area contributed by atoms with Gasteiger partial charge in [-0.1, -0.05) is 48.5 Å². The Morgan fingerprint density at radius 1 is 0.964 bits per heavy atom. The summed E-state index contributed by atoms with van der Waals surface area (Å²) in [7, 11) is 0. The van der Waals surface area contributed by atoms with E-state index in [0.29, 0.717) is 31.5 Å². The minimum Gasteiger partial charge on any atom is -0.481 e. The number of nitrogens with zero attached hydrogens (tertiary/aromatic N) is 1. The molecule has 0 saturated carbocycles. The Balaban J connectivity index is 1.69. The Bertz CT molecular complexity index is 815. The molecule has 0 radical (unpaired) electrons. The van der Waals surface area contributed by atoms with Crippen molar-refractivity contribution in [3.05, 3.63) is 71.8 Å². The number of benzene rings is 2. The van der Waals surface area contributed by atoms with E-state index in [0.717, 1.165) is 5.56 Å². The van der Waals surface area contributed by atoms with Gasteiger partial charge in [0.05, 0.1) is 18.4 Å². The van der Waals surface area contributed by atoms with E-state index in [2.05, 4.69) is 5.32 Å². The zero-order valence-electron chi connectivity index (χ0n) is 15.6. The lowest BCUT2D eigenvalue weighted by molar-refractivity contribution is -0.145. The van der Waals surface area contributed by atoms with Gasteiger partial charge in [-0.2, -0.15) is 0 Å². The lowest BCUT2D eigenvalue weighted by atomic mass is 9.96. The smallest absolute Gasteiger partial charge is 0.306 e.